The molecular weight excluding hydrogens is 246 g/mol. The third-order valence-corrected chi connectivity index (χ3v) is 3.67. The van der Waals surface area contributed by atoms with Crippen molar-refractivity contribution in [3.05, 3.63) is 0 Å². The van der Waals surface area contributed by atoms with Gasteiger partial charge in [0.15, 0.2) is 0 Å². The summed E-state index contributed by atoms with van der Waals surface area (Å²) in [5, 5.41) is 0. The molecule has 1 heterocycles. The van der Waals surface area contributed by atoms with Crippen LogP contribution in [0, 0.1) is 5.92 Å². The van der Waals surface area contributed by atoms with E-state index in [0.29, 0.717) is 16.5 Å². The van der Waals surface area contributed by atoms with Crippen molar-refractivity contribution in [1.29, 1.82) is 0 Å². The van der Waals surface area contributed by atoms with Crippen molar-refractivity contribution in [2.45, 2.75) is 26.3 Å². The van der Waals surface area contributed by atoms with Crippen LogP contribution in [0.5, 0.6) is 0 Å². The molecule has 0 radical (unpaired) electrons. The number of amides is 1. The largest absolute Gasteiger partial charge is 0.467 e. The molecule has 0 aliphatic carbocycles. The molecule has 0 saturated carbocycles. The maximum absolute atomic E-state index is 11.9. The normalized spacial score (nSPS) is 20.4. The number of carbonyl (C=O) groups excluding carboxylic acids is 2. The monoisotopic (exact) mass is 261 g/mol. The molecule has 0 aromatic carbocycles. The Morgan fingerprint density at radius 1 is 1.62 bits per heavy atom. The lowest BCUT2D eigenvalue weighted by molar-refractivity contribution is -0.148. The minimum absolute atomic E-state index is 0.0969. The number of ether oxygens (including phenoxy) is 1. The van der Waals surface area contributed by atoms with Crippen LogP contribution in [-0.4, -0.2) is 40.0 Å². The molecule has 90 valence electrons. The van der Waals surface area contributed by atoms with Gasteiger partial charge in [-0.05, 0) is 5.92 Å². The van der Waals surface area contributed by atoms with E-state index in [1.165, 1.54) is 23.8 Å². The van der Waals surface area contributed by atoms with Crippen molar-refractivity contribution >= 4 is 40.2 Å². The summed E-state index contributed by atoms with van der Waals surface area (Å²) in [6.45, 7) is 3.91. The van der Waals surface area contributed by atoms with Crippen LogP contribution in [0.2, 0.25) is 0 Å². The first-order valence-corrected chi connectivity index (χ1v) is 6.43. The van der Waals surface area contributed by atoms with Gasteiger partial charge in [0.2, 0.25) is 5.91 Å². The van der Waals surface area contributed by atoms with Crippen molar-refractivity contribution in [2.24, 2.45) is 5.92 Å². The molecule has 1 fully saturated rings. The summed E-state index contributed by atoms with van der Waals surface area (Å²) in [5.41, 5.74) is 0. The molecule has 1 rings (SSSR count). The summed E-state index contributed by atoms with van der Waals surface area (Å²) >= 11 is 6.42. The molecule has 1 atom stereocenters. The second-order valence-electron chi connectivity index (χ2n) is 3.98. The molecule has 0 spiro atoms. The molecule has 0 unspecified atom stereocenters. The molecular formula is C10H15NO3S2. The Kier molecular flexibility index (Phi) is 4.73. The molecule has 0 aromatic rings. The quantitative estimate of drug-likeness (QED) is 0.568. The predicted molar refractivity (Wildman–Crippen MR) is 67.2 cm³/mol. The van der Waals surface area contributed by atoms with E-state index in [4.69, 9.17) is 12.2 Å². The zero-order valence-electron chi connectivity index (χ0n) is 9.56. The summed E-state index contributed by atoms with van der Waals surface area (Å²) in [6, 6.07) is -0.547. The van der Waals surface area contributed by atoms with Crippen LogP contribution in [-0.2, 0) is 14.3 Å². The number of thiocarbonyl (C=S) groups is 1. The van der Waals surface area contributed by atoms with Gasteiger partial charge in [-0.25, -0.2) is 4.79 Å². The third-order valence-electron chi connectivity index (χ3n) is 2.20. The highest BCUT2D eigenvalue weighted by Crippen LogP contribution is 2.26. The van der Waals surface area contributed by atoms with Gasteiger partial charge in [0, 0.05) is 12.2 Å². The summed E-state index contributed by atoms with van der Waals surface area (Å²) < 4.78 is 5.14. The molecule has 1 aliphatic heterocycles. The number of rotatable bonds is 3. The lowest BCUT2D eigenvalue weighted by Gasteiger charge is -2.22. The maximum atomic E-state index is 11.9. The number of carbonyl (C=O) groups is 2. The fraction of sp³-hybridized carbons (Fsp3) is 0.700. The average molecular weight is 261 g/mol. The van der Waals surface area contributed by atoms with Gasteiger partial charge >= 0.3 is 5.97 Å². The molecule has 1 saturated heterocycles. The van der Waals surface area contributed by atoms with Crippen LogP contribution in [0.15, 0.2) is 0 Å². The Hall–Kier alpha value is -0.620. The van der Waals surface area contributed by atoms with Crippen molar-refractivity contribution in [3.8, 4) is 0 Å². The van der Waals surface area contributed by atoms with Gasteiger partial charge < -0.3 is 4.74 Å². The molecule has 0 aromatic heterocycles. The van der Waals surface area contributed by atoms with E-state index in [0.717, 1.165) is 0 Å². The van der Waals surface area contributed by atoms with E-state index in [-0.39, 0.29) is 11.8 Å². The van der Waals surface area contributed by atoms with Crippen molar-refractivity contribution < 1.29 is 14.3 Å². The van der Waals surface area contributed by atoms with Crippen LogP contribution in [0.1, 0.15) is 20.3 Å². The lowest BCUT2D eigenvalue weighted by atomic mass is 10.1. The van der Waals surface area contributed by atoms with Crippen LogP contribution in [0.3, 0.4) is 0 Å². The van der Waals surface area contributed by atoms with Gasteiger partial charge in [0.1, 0.15) is 10.4 Å². The molecule has 16 heavy (non-hydrogen) atoms. The highest BCUT2D eigenvalue weighted by molar-refractivity contribution is 8.23. The first kappa shape index (κ1) is 13.4. The maximum Gasteiger partial charge on any atom is 0.329 e. The topological polar surface area (TPSA) is 46.6 Å². The SMILES string of the molecule is COC(=O)[C@@H]1CSC(=S)N1C(=O)CC(C)C. The fourth-order valence-corrected chi connectivity index (χ4v) is 2.84. The van der Waals surface area contributed by atoms with Gasteiger partial charge in [-0.15, -0.1) is 0 Å². The Morgan fingerprint density at radius 3 is 2.75 bits per heavy atom. The number of methoxy groups -OCH3 is 1. The number of hydrogen-bond acceptors (Lipinski definition) is 5. The molecule has 1 aliphatic rings. The highest BCUT2D eigenvalue weighted by Gasteiger charge is 2.39. The number of hydrogen-bond donors (Lipinski definition) is 0. The highest BCUT2D eigenvalue weighted by atomic mass is 32.2. The fourth-order valence-electron chi connectivity index (χ4n) is 1.45. The second-order valence-corrected chi connectivity index (χ2v) is 5.63. The van der Waals surface area contributed by atoms with E-state index < -0.39 is 12.0 Å². The van der Waals surface area contributed by atoms with Gasteiger partial charge in [-0.3, -0.25) is 9.69 Å². The minimum atomic E-state index is -0.547. The van der Waals surface area contributed by atoms with Crippen molar-refractivity contribution in [3.63, 3.8) is 0 Å². The van der Waals surface area contributed by atoms with E-state index in [2.05, 4.69) is 4.74 Å². The second kappa shape index (κ2) is 5.63. The smallest absolute Gasteiger partial charge is 0.329 e. The van der Waals surface area contributed by atoms with E-state index in [1.807, 2.05) is 13.8 Å². The number of esters is 1. The predicted octanol–water partition coefficient (Wildman–Crippen LogP) is 1.43. The van der Waals surface area contributed by atoms with Crippen LogP contribution in [0.4, 0.5) is 0 Å². The molecule has 0 bridgehead atoms. The van der Waals surface area contributed by atoms with E-state index in [1.54, 1.807) is 0 Å². The zero-order valence-corrected chi connectivity index (χ0v) is 11.2. The average Bonchev–Trinajstić information content (AvgIpc) is 2.58. The van der Waals surface area contributed by atoms with E-state index >= 15 is 0 Å². The number of thioether (sulfide) groups is 1. The lowest BCUT2D eigenvalue weighted by Crippen LogP contribution is -2.44. The third kappa shape index (κ3) is 2.95. The van der Waals surface area contributed by atoms with Crippen LogP contribution >= 0.6 is 24.0 Å². The Bertz CT molecular complexity index is 317. The molecule has 4 nitrogen and oxygen atoms in total. The van der Waals surface area contributed by atoms with Crippen LogP contribution in [0.25, 0.3) is 0 Å². The number of nitrogens with zero attached hydrogens (tertiary/aromatic N) is 1. The molecule has 0 N–H and O–H groups in total. The Balaban J connectivity index is 2.77. The summed E-state index contributed by atoms with van der Waals surface area (Å²) in [6.07, 6.45) is 0.397. The standard InChI is InChI=1S/C10H15NO3S2/c1-6(2)4-8(12)11-7(9(13)14-3)5-16-10(11)15/h6-7H,4-5H2,1-3H3/t7-/m0/s1. The summed E-state index contributed by atoms with van der Waals surface area (Å²) in [4.78, 5) is 24.8. The van der Waals surface area contributed by atoms with Crippen molar-refractivity contribution in [1.82, 2.24) is 4.90 Å². The Morgan fingerprint density at radius 2 is 2.25 bits per heavy atom. The molecule has 6 heteroatoms. The first-order valence-electron chi connectivity index (χ1n) is 5.04. The summed E-state index contributed by atoms with van der Waals surface area (Å²) in [5.74, 6) is 0.249. The zero-order chi connectivity index (χ0) is 12.3. The minimum Gasteiger partial charge on any atom is -0.467 e. The first-order chi connectivity index (χ1) is 7.47. The summed E-state index contributed by atoms with van der Waals surface area (Å²) in [7, 11) is 1.32. The van der Waals surface area contributed by atoms with Gasteiger partial charge in [0.05, 0.1) is 7.11 Å². The van der Waals surface area contributed by atoms with Gasteiger partial charge in [0.25, 0.3) is 0 Å². The van der Waals surface area contributed by atoms with E-state index in [9.17, 15) is 9.59 Å². The van der Waals surface area contributed by atoms with Crippen molar-refractivity contribution in [2.75, 3.05) is 12.9 Å². The van der Waals surface area contributed by atoms with Crippen LogP contribution < -0.4 is 0 Å². The van der Waals surface area contributed by atoms with Gasteiger partial charge in [-0.2, -0.15) is 0 Å². The van der Waals surface area contributed by atoms with Gasteiger partial charge in [-0.1, -0.05) is 37.8 Å². The Labute approximate surface area is 105 Å². The molecule has 1 amide bonds.